The van der Waals surface area contributed by atoms with Crippen LogP contribution in [0.25, 0.3) is 0 Å². The predicted octanol–water partition coefficient (Wildman–Crippen LogP) is 1.97. The lowest BCUT2D eigenvalue weighted by molar-refractivity contribution is -0.0511. The normalized spacial score (nSPS) is 20.8. The first-order valence-corrected chi connectivity index (χ1v) is 10.7. The van der Waals surface area contributed by atoms with E-state index in [0.717, 1.165) is 6.55 Å². The molecule has 0 N–H and O–H groups in total. The van der Waals surface area contributed by atoms with E-state index in [1.165, 1.54) is 0 Å². The highest BCUT2D eigenvalue weighted by molar-refractivity contribution is 8.06. The van der Waals surface area contributed by atoms with Gasteiger partial charge in [-0.3, -0.25) is 0 Å². The summed E-state index contributed by atoms with van der Waals surface area (Å²) in [4.78, 5) is 0. The molecular formula is C6H9F6NO4S2Si. The topological polar surface area (TPSA) is 71.5 Å². The Hall–Kier alpha value is -0.343. The van der Waals surface area contributed by atoms with Gasteiger partial charge in [0.05, 0.1) is 0 Å². The van der Waals surface area contributed by atoms with E-state index in [1.807, 2.05) is 0 Å². The van der Waals surface area contributed by atoms with Gasteiger partial charge in [-0.15, -0.1) is 3.38 Å². The number of hydrogen-bond donors (Lipinski definition) is 0. The number of rotatable bonds is 3. The summed E-state index contributed by atoms with van der Waals surface area (Å²) in [6, 6.07) is -0.560. The zero-order chi connectivity index (χ0) is 16.2. The Kier molecular flexibility index (Phi) is 4.05. The molecule has 0 saturated carbocycles. The fraction of sp³-hybridized carbons (Fsp3) is 1.00. The molecule has 120 valence electrons. The van der Waals surface area contributed by atoms with Gasteiger partial charge in [-0.25, -0.2) is 16.8 Å². The molecule has 1 saturated heterocycles. The van der Waals surface area contributed by atoms with E-state index in [9.17, 15) is 43.2 Å². The van der Waals surface area contributed by atoms with Gasteiger partial charge < -0.3 is 0 Å². The third-order valence-corrected chi connectivity index (χ3v) is 13.9. The van der Waals surface area contributed by atoms with Crippen molar-refractivity contribution in [3.63, 3.8) is 0 Å². The fourth-order valence-electron chi connectivity index (χ4n) is 1.77. The number of hydrogen-bond acceptors (Lipinski definition) is 4. The summed E-state index contributed by atoms with van der Waals surface area (Å²) < 4.78 is 118. The van der Waals surface area contributed by atoms with E-state index >= 15 is 0 Å². The zero-order valence-electron chi connectivity index (χ0n) is 9.79. The molecule has 0 aliphatic carbocycles. The molecule has 0 aromatic heterocycles. The van der Waals surface area contributed by atoms with Crippen LogP contribution in [-0.2, 0) is 20.0 Å². The molecule has 0 spiro atoms. The molecule has 1 heterocycles. The van der Waals surface area contributed by atoms with Crippen molar-refractivity contribution < 1.29 is 43.2 Å². The Labute approximate surface area is 111 Å². The van der Waals surface area contributed by atoms with Gasteiger partial charge >= 0.3 is 31.1 Å². The van der Waals surface area contributed by atoms with Crippen LogP contribution in [0.5, 0.6) is 0 Å². The van der Waals surface area contributed by atoms with Crippen molar-refractivity contribution in [2.24, 2.45) is 0 Å². The SMILES string of the molecule is C[Si]1(N(S(=O)(=O)C(F)(F)F)S(=O)(=O)C(F)(F)F)CCC1. The van der Waals surface area contributed by atoms with Crippen LogP contribution >= 0.6 is 0 Å². The maximum absolute atomic E-state index is 12.5. The molecule has 1 aliphatic heterocycles. The first-order chi connectivity index (χ1) is 8.57. The minimum absolute atomic E-state index is 0.181. The largest absolute Gasteiger partial charge is 0.512 e. The quantitative estimate of drug-likeness (QED) is 0.566. The third-order valence-electron chi connectivity index (χ3n) is 2.89. The molecule has 0 amide bonds. The lowest BCUT2D eigenvalue weighted by Crippen LogP contribution is -2.64. The van der Waals surface area contributed by atoms with Crippen molar-refractivity contribution in [2.75, 3.05) is 0 Å². The molecule has 0 radical (unpaired) electrons. The van der Waals surface area contributed by atoms with Crippen molar-refractivity contribution >= 4 is 28.3 Å². The predicted molar refractivity (Wildman–Crippen MR) is 57.6 cm³/mol. The smallest absolute Gasteiger partial charge is 0.202 e. The summed E-state index contributed by atoms with van der Waals surface area (Å²) in [7, 11) is -17.1. The first-order valence-electron chi connectivity index (χ1n) is 5.00. The Morgan fingerprint density at radius 1 is 0.850 bits per heavy atom. The summed E-state index contributed by atoms with van der Waals surface area (Å²) in [5.41, 5.74) is -12.2. The second kappa shape index (κ2) is 4.57. The molecule has 0 aromatic rings. The summed E-state index contributed by atoms with van der Waals surface area (Å²) in [6.07, 6.45) is 0.181. The maximum atomic E-state index is 12.5. The number of alkyl halides is 6. The Balaban J connectivity index is 3.57. The van der Waals surface area contributed by atoms with Gasteiger partial charge in [-0.1, -0.05) is 13.0 Å². The molecule has 14 heteroatoms. The van der Waals surface area contributed by atoms with Crippen molar-refractivity contribution in [1.29, 1.82) is 0 Å². The van der Waals surface area contributed by atoms with Crippen LogP contribution in [0.1, 0.15) is 6.42 Å². The maximum Gasteiger partial charge on any atom is 0.512 e. The molecule has 0 aromatic carbocycles. The van der Waals surface area contributed by atoms with E-state index in [0.29, 0.717) is 0 Å². The summed E-state index contributed by atoms with van der Waals surface area (Å²) in [6.45, 7) is 0.864. The molecule has 1 fully saturated rings. The van der Waals surface area contributed by atoms with Gasteiger partial charge in [0.25, 0.3) is 0 Å². The number of sulfonamides is 2. The lowest BCUT2D eigenvalue weighted by Gasteiger charge is -2.43. The molecule has 1 aliphatic rings. The first kappa shape index (κ1) is 17.7. The summed E-state index contributed by atoms with van der Waals surface area (Å²) >= 11 is 0. The Morgan fingerprint density at radius 3 is 1.30 bits per heavy atom. The second-order valence-electron chi connectivity index (χ2n) is 4.45. The van der Waals surface area contributed by atoms with E-state index < -0.39 is 42.7 Å². The molecule has 0 unspecified atom stereocenters. The average Bonchev–Trinajstić information content (AvgIpc) is 2.10. The van der Waals surface area contributed by atoms with Crippen molar-refractivity contribution in [3.8, 4) is 0 Å². The zero-order valence-corrected chi connectivity index (χ0v) is 12.4. The van der Waals surface area contributed by atoms with Gasteiger partial charge in [0.15, 0.2) is 8.24 Å². The summed E-state index contributed by atoms with van der Waals surface area (Å²) in [5.74, 6) is 0. The Morgan fingerprint density at radius 2 is 1.15 bits per heavy atom. The molecule has 1 rings (SSSR count). The van der Waals surface area contributed by atoms with Crippen LogP contribution in [0.3, 0.4) is 0 Å². The minimum atomic E-state index is -6.61. The van der Waals surface area contributed by atoms with E-state index in [-0.39, 0.29) is 18.5 Å². The van der Waals surface area contributed by atoms with Crippen LogP contribution in [0, 0.1) is 0 Å². The van der Waals surface area contributed by atoms with Crippen molar-refractivity contribution in [1.82, 2.24) is 3.38 Å². The van der Waals surface area contributed by atoms with Gasteiger partial charge in [0.1, 0.15) is 0 Å². The minimum Gasteiger partial charge on any atom is -0.202 e. The lowest BCUT2D eigenvalue weighted by atomic mass is 10.5. The molecule has 0 bridgehead atoms. The van der Waals surface area contributed by atoms with Crippen LogP contribution in [-0.4, -0.2) is 39.5 Å². The van der Waals surface area contributed by atoms with Gasteiger partial charge in [-0.2, -0.15) is 26.3 Å². The number of nitrogens with zero attached hydrogens (tertiary/aromatic N) is 1. The van der Waals surface area contributed by atoms with Crippen LogP contribution < -0.4 is 0 Å². The highest BCUT2D eigenvalue weighted by Crippen LogP contribution is 2.45. The van der Waals surface area contributed by atoms with E-state index in [1.54, 1.807) is 0 Å². The van der Waals surface area contributed by atoms with E-state index in [2.05, 4.69) is 0 Å². The highest BCUT2D eigenvalue weighted by atomic mass is 32.3. The van der Waals surface area contributed by atoms with Crippen LogP contribution in [0.15, 0.2) is 0 Å². The number of halogens is 6. The molecule has 5 nitrogen and oxygen atoms in total. The standard InChI is InChI=1S/C6H9F6NO4S2Si/c1-20(3-2-4-20)13(18(14,15)5(7,8)9)19(16,17)6(10,11)12/h2-4H2,1H3. The van der Waals surface area contributed by atoms with Gasteiger partial charge in [-0.05, 0) is 12.1 Å². The van der Waals surface area contributed by atoms with Gasteiger partial charge in [0.2, 0.25) is 0 Å². The monoisotopic (exact) mass is 365 g/mol. The molecular weight excluding hydrogens is 356 g/mol. The molecule has 0 atom stereocenters. The second-order valence-corrected chi connectivity index (χ2v) is 13.3. The van der Waals surface area contributed by atoms with Gasteiger partial charge in [0, 0.05) is 0 Å². The Bertz CT molecular complexity index is 546. The highest BCUT2D eigenvalue weighted by Gasteiger charge is 2.67. The summed E-state index contributed by atoms with van der Waals surface area (Å²) in [5, 5.41) is 0. The fourth-order valence-corrected chi connectivity index (χ4v) is 11.8. The van der Waals surface area contributed by atoms with Crippen LogP contribution in [0.2, 0.25) is 18.6 Å². The van der Waals surface area contributed by atoms with Crippen molar-refractivity contribution in [2.45, 2.75) is 36.1 Å². The molecule has 20 heavy (non-hydrogen) atoms. The average molecular weight is 365 g/mol. The van der Waals surface area contributed by atoms with Crippen LogP contribution in [0.4, 0.5) is 26.3 Å². The van der Waals surface area contributed by atoms with Crippen molar-refractivity contribution in [3.05, 3.63) is 0 Å². The third kappa shape index (κ3) is 2.57. The van der Waals surface area contributed by atoms with E-state index in [4.69, 9.17) is 0 Å².